The summed E-state index contributed by atoms with van der Waals surface area (Å²) in [6.45, 7) is 2.86. The molecule has 0 amide bonds. The minimum atomic E-state index is -2.87. The Balaban J connectivity index is 1.44. The van der Waals surface area contributed by atoms with E-state index in [1.165, 1.54) is 6.07 Å². The van der Waals surface area contributed by atoms with Crippen molar-refractivity contribution in [2.24, 2.45) is 0 Å². The Morgan fingerprint density at radius 2 is 1.71 bits per heavy atom. The molecule has 0 aliphatic carbocycles. The predicted molar refractivity (Wildman–Crippen MR) is 135 cm³/mol. The van der Waals surface area contributed by atoms with Crippen LogP contribution in [-0.4, -0.2) is 54.0 Å². The molecule has 0 spiro atoms. The van der Waals surface area contributed by atoms with E-state index in [4.69, 9.17) is 10.7 Å². The molecule has 1 aliphatic heterocycles. The number of nitrogens with two attached hydrogens (primary N) is 1. The normalized spacial score (nSPS) is 16.1. The molecule has 0 unspecified atom stereocenters. The second kappa shape index (κ2) is 9.19. The number of fused-ring (bicyclic) bond motifs is 1. The smallest absolute Gasteiger partial charge is 0.152 e. The van der Waals surface area contributed by atoms with Gasteiger partial charge in [0.15, 0.2) is 9.84 Å². The van der Waals surface area contributed by atoms with Crippen molar-refractivity contribution in [1.29, 1.82) is 0 Å². The van der Waals surface area contributed by atoms with Crippen molar-refractivity contribution < 1.29 is 12.8 Å². The maximum absolute atomic E-state index is 14.1. The zero-order valence-electron chi connectivity index (χ0n) is 18.8. The summed E-state index contributed by atoms with van der Waals surface area (Å²) in [5.74, 6) is 0.0391. The summed E-state index contributed by atoms with van der Waals surface area (Å²) >= 11 is 0. The van der Waals surface area contributed by atoms with Crippen LogP contribution < -0.4 is 5.73 Å². The van der Waals surface area contributed by atoms with Gasteiger partial charge >= 0.3 is 0 Å². The third-order valence-electron chi connectivity index (χ3n) is 6.41. The van der Waals surface area contributed by atoms with Crippen LogP contribution >= 0.6 is 0 Å². The number of halogens is 1. The molecular weight excluding hydrogens is 451 g/mol. The van der Waals surface area contributed by atoms with Crippen LogP contribution in [0.1, 0.15) is 6.42 Å². The Morgan fingerprint density at radius 3 is 2.44 bits per heavy atom. The van der Waals surface area contributed by atoms with E-state index < -0.39 is 15.7 Å². The van der Waals surface area contributed by atoms with Gasteiger partial charge in [0.25, 0.3) is 0 Å². The minimum Gasteiger partial charge on any atom is -0.396 e. The van der Waals surface area contributed by atoms with E-state index >= 15 is 0 Å². The fourth-order valence-electron chi connectivity index (χ4n) is 4.47. The van der Waals surface area contributed by atoms with Crippen LogP contribution in [0.2, 0.25) is 0 Å². The highest BCUT2D eigenvalue weighted by Gasteiger charge is 2.21. The number of hydrogen-bond donors (Lipinski definition) is 1. The van der Waals surface area contributed by atoms with Gasteiger partial charge in [-0.2, -0.15) is 0 Å². The second-order valence-electron chi connectivity index (χ2n) is 8.75. The van der Waals surface area contributed by atoms with Crippen molar-refractivity contribution in [3.8, 4) is 22.4 Å². The van der Waals surface area contributed by atoms with E-state index in [-0.39, 0.29) is 17.2 Å². The molecule has 0 saturated carbocycles. The van der Waals surface area contributed by atoms with E-state index in [2.05, 4.69) is 27.8 Å². The SMILES string of the molecule is Nc1ccc(-c2ccc3c(n2)c(-c2ccccc2)cn3CCCN2CCS(=O)(=O)CC2)cc1F. The Kier molecular flexibility index (Phi) is 6.10. The lowest BCUT2D eigenvalue weighted by molar-refractivity contribution is 0.286. The molecule has 4 aromatic rings. The monoisotopic (exact) mass is 478 g/mol. The number of aryl methyl sites for hydroxylation is 1. The molecule has 0 bridgehead atoms. The Hall–Kier alpha value is -3.23. The van der Waals surface area contributed by atoms with Crippen molar-refractivity contribution >= 4 is 26.6 Å². The van der Waals surface area contributed by atoms with Crippen LogP contribution in [0.25, 0.3) is 33.4 Å². The third-order valence-corrected chi connectivity index (χ3v) is 8.02. The summed E-state index contributed by atoms with van der Waals surface area (Å²) in [7, 11) is -2.87. The Morgan fingerprint density at radius 1 is 0.941 bits per heavy atom. The topological polar surface area (TPSA) is 81.2 Å². The van der Waals surface area contributed by atoms with Gasteiger partial charge in [-0.25, -0.2) is 17.8 Å². The zero-order valence-corrected chi connectivity index (χ0v) is 19.6. The number of nitrogens with zero attached hydrogens (tertiary/aromatic N) is 3. The summed E-state index contributed by atoms with van der Waals surface area (Å²) in [5.41, 5.74) is 11.1. The molecule has 6 nitrogen and oxygen atoms in total. The van der Waals surface area contributed by atoms with E-state index in [1.807, 2.05) is 30.3 Å². The molecule has 3 heterocycles. The molecule has 1 fully saturated rings. The maximum atomic E-state index is 14.1. The average molecular weight is 479 g/mol. The highest BCUT2D eigenvalue weighted by atomic mass is 32.2. The summed E-state index contributed by atoms with van der Waals surface area (Å²) in [6, 6.07) is 18.8. The molecular formula is C26H27FN4O2S. The molecule has 0 radical (unpaired) electrons. The highest BCUT2D eigenvalue weighted by Crippen LogP contribution is 2.32. The van der Waals surface area contributed by atoms with E-state index in [9.17, 15) is 12.8 Å². The molecule has 2 aromatic carbocycles. The average Bonchev–Trinajstić information content (AvgIpc) is 3.20. The van der Waals surface area contributed by atoms with Crippen LogP contribution in [0, 0.1) is 5.82 Å². The van der Waals surface area contributed by atoms with E-state index in [1.54, 1.807) is 12.1 Å². The summed E-state index contributed by atoms with van der Waals surface area (Å²) < 4.78 is 39.6. The molecule has 1 saturated heterocycles. The van der Waals surface area contributed by atoms with Gasteiger partial charge in [0.2, 0.25) is 0 Å². The highest BCUT2D eigenvalue weighted by molar-refractivity contribution is 7.91. The molecule has 0 atom stereocenters. The van der Waals surface area contributed by atoms with E-state index in [0.717, 1.165) is 41.7 Å². The van der Waals surface area contributed by atoms with Gasteiger partial charge in [-0.1, -0.05) is 36.4 Å². The number of hydrogen-bond acceptors (Lipinski definition) is 5. The van der Waals surface area contributed by atoms with Gasteiger partial charge in [-0.15, -0.1) is 0 Å². The lowest BCUT2D eigenvalue weighted by atomic mass is 10.1. The lowest BCUT2D eigenvalue weighted by Crippen LogP contribution is -2.40. The van der Waals surface area contributed by atoms with Crippen LogP contribution in [0.15, 0.2) is 66.9 Å². The van der Waals surface area contributed by atoms with Crippen molar-refractivity contribution in [3.05, 3.63) is 72.7 Å². The number of anilines is 1. The fraction of sp³-hybridized carbons (Fsp3) is 0.269. The first kappa shape index (κ1) is 22.6. The minimum absolute atomic E-state index is 0.118. The lowest BCUT2D eigenvalue weighted by Gasteiger charge is -2.26. The summed E-state index contributed by atoms with van der Waals surface area (Å²) in [6.07, 6.45) is 3.03. The van der Waals surface area contributed by atoms with Crippen molar-refractivity contribution in [2.45, 2.75) is 13.0 Å². The molecule has 2 N–H and O–H groups in total. The van der Waals surface area contributed by atoms with Gasteiger partial charge in [-0.05, 0) is 42.8 Å². The van der Waals surface area contributed by atoms with Crippen LogP contribution in [0.5, 0.6) is 0 Å². The first-order valence-corrected chi connectivity index (χ1v) is 13.3. The summed E-state index contributed by atoms with van der Waals surface area (Å²) in [4.78, 5) is 7.14. The summed E-state index contributed by atoms with van der Waals surface area (Å²) in [5, 5.41) is 0. The predicted octanol–water partition coefficient (Wildman–Crippen LogP) is 4.21. The number of rotatable bonds is 6. The molecule has 5 rings (SSSR count). The quantitative estimate of drug-likeness (QED) is 0.420. The largest absolute Gasteiger partial charge is 0.396 e. The number of nitrogen functional groups attached to an aromatic ring is 1. The number of sulfone groups is 1. The van der Waals surface area contributed by atoms with Crippen LogP contribution in [0.3, 0.4) is 0 Å². The van der Waals surface area contributed by atoms with Crippen LogP contribution in [0.4, 0.5) is 10.1 Å². The zero-order chi connectivity index (χ0) is 23.7. The number of benzene rings is 2. The first-order valence-electron chi connectivity index (χ1n) is 11.4. The standard InChI is InChI=1S/C26H27FN4O2S/c27-22-17-20(7-8-23(22)28)24-9-10-25-26(29-24)21(19-5-2-1-3-6-19)18-31(25)12-4-11-30-13-15-34(32,33)16-14-30/h1-3,5-10,17-18H,4,11-16,28H2. The number of aromatic nitrogens is 2. The fourth-order valence-corrected chi connectivity index (χ4v) is 5.74. The maximum Gasteiger partial charge on any atom is 0.152 e. The van der Waals surface area contributed by atoms with Crippen LogP contribution in [-0.2, 0) is 16.4 Å². The van der Waals surface area contributed by atoms with Gasteiger partial charge in [0, 0.05) is 37.0 Å². The van der Waals surface area contributed by atoms with E-state index in [0.29, 0.717) is 24.3 Å². The van der Waals surface area contributed by atoms with Crippen molar-refractivity contribution in [3.63, 3.8) is 0 Å². The second-order valence-corrected chi connectivity index (χ2v) is 11.1. The number of pyridine rings is 1. The Bertz CT molecular complexity index is 1420. The Labute approximate surface area is 198 Å². The molecule has 176 valence electrons. The molecule has 34 heavy (non-hydrogen) atoms. The van der Waals surface area contributed by atoms with Crippen molar-refractivity contribution in [2.75, 3.05) is 36.9 Å². The van der Waals surface area contributed by atoms with Gasteiger partial charge in [-0.3, -0.25) is 0 Å². The molecule has 1 aliphatic rings. The molecule has 2 aromatic heterocycles. The van der Waals surface area contributed by atoms with Gasteiger partial charge in [0.1, 0.15) is 5.82 Å². The van der Waals surface area contributed by atoms with Gasteiger partial charge in [0.05, 0.1) is 33.9 Å². The first-order chi connectivity index (χ1) is 16.4. The third kappa shape index (κ3) is 4.69. The van der Waals surface area contributed by atoms with Gasteiger partial charge < -0.3 is 15.2 Å². The van der Waals surface area contributed by atoms with Crippen molar-refractivity contribution in [1.82, 2.24) is 14.5 Å². The molecule has 8 heteroatoms.